The molecular weight excluding hydrogens is 390 g/mol. The SMILES string of the molecule is Cc1cc(CSc2ccccc2)ccc1NC(=O)[C@H](C)Oc1ccccc1Cl. The Balaban J connectivity index is 1.59. The smallest absolute Gasteiger partial charge is 0.265 e. The van der Waals surface area contributed by atoms with E-state index < -0.39 is 6.10 Å². The average Bonchev–Trinajstić information content (AvgIpc) is 2.70. The number of carbonyl (C=O) groups is 1. The summed E-state index contributed by atoms with van der Waals surface area (Å²) in [6.45, 7) is 3.70. The van der Waals surface area contributed by atoms with Crippen molar-refractivity contribution in [3.05, 3.63) is 88.9 Å². The van der Waals surface area contributed by atoms with Crippen molar-refractivity contribution in [2.45, 2.75) is 30.6 Å². The molecule has 28 heavy (non-hydrogen) atoms. The molecule has 0 heterocycles. The second-order valence-electron chi connectivity index (χ2n) is 6.43. The average molecular weight is 412 g/mol. The third kappa shape index (κ3) is 5.54. The molecule has 0 aliphatic heterocycles. The number of amides is 1. The quantitative estimate of drug-likeness (QED) is 0.460. The van der Waals surface area contributed by atoms with Crippen LogP contribution in [0.25, 0.3) is 0 Å². The van der Waals surface area contributed by atoms with Crippen molar-refractivity contribution in [3.63, 3.8) is 0 Å². The number of ether oxygens (including phenoxy) is 1. The maximum Gasteiger partial charge on any atom is 0.265 e. The van der Waals surface area contributed by atoms with Gasteiger partial charge in [0.1, 0.15) is 5.75 Å². The number of rotatable bonds is 7. The molecule has 0 aliphatic carbocycles. The number of aryl methyl sites for hydroxylation is 1. The molecule has 1 amide bonds. The Morgan fingerprint density at radius 3 is 2.50 bits per heavy atom. The molecule has 0 bridgehead atoms. The summed E-state index contributed by atoms with van der Waals surface area (Å²) >= 11 is 7.88. The van der Waals surface area contributed by atoms with E-state index in [1.165, 1.54) is 10.5 Å². The van der Waals surface area contributed by atoms with Gasteiger partial charge in [0.2, 0.25) is 0 Å². The lowest BCUT2D eigenvalue weighted by Crippen LogP contribution is -2.30. The summed E-state index contributed by atoms with van der Waals surface area (Å²) < 4.78 is 5.68. The van der Waals surface area contributed by atoms with Crippen molar-refractivity contribution in [3.8, 4) is 5.75 Å². The number of halogens is 1. The molecule has 3 rings (SSSR count). The molecule has 5 heteroatoms. The lowest BCUT2D eigenvalue weighted by Gasteiger charge is -2.17. The first-order valence-electron chi connectivity index (χ1n) is 9.02. The third-order valence-corrected chi connectivity index (χ3v) is 5.60. The molecule has 3 aromatic rings. The van der Waals surface area contributed by atoms with E-state index in [2.05, 4.69) is 23.5 Å². The normalized spacial score (nSPS) is 11.7. The van der Waals surface area contributed by atoms with Crippen LogP contribution in [0.5, 0.6) is 5.75 Å². The van der Waals surface area contributed by atoms with Gasteiger partial charge in [-0.05, 0) is 55.3 Å². The molecule has 0 spiro atoms. The fourth-order valence-electron chi connectivity index (χ4n) is 2.66. The number of hydrogen-bond donors (Lipinski definition) is 1. The van der Waals surface area contributed by atoms with Crippen molar-refractivity contribution in [1.29, 1.82) is 0 Å². The summed E-state index contributed by atoms with van der Waals surface area (Å²) in [6, 6.07) is 23.5. The van der Waals surface area contributed by atoms with Crippen molar-refractivity contribution < 1.29 is 9.53 Å². The number of carbonyl (C=O) groups excluding carboxylic acids is 1. The lowest BCUT2D eigenvalue weighted by atomic mass is 10.1. The maximum absolute atomic E-state index is 12.5. The van der Waals surface area contributed by atoms with E-state index in [4.69, 9.17) is 16.3 Å². The molecule has 1 atom stereocenters. The Kier molecular flexibility index (Phi) is 7.01. The first kappa shape index (κ1) is 20.3. The number of benzene rings is 3. The predicted molar refractivity (Wildman–Crippen MR) is 117 cm³/mol. The van der Waals surface area contributed by atoms with Gasteiger partial charge in [0.05, 0.1) is 5.02 Å². The number of nitrogens with one attached hydrogen (secondary N) is 1. The van der Waals surface area contributed by atoms with Crippen LogP contribution in [0, 0.1) is 6.92 Å². The molecule has 0 saturated heterocycles. The topological polar surface area (TPSA) is 38.3 Å². The molecule has 0 fully saturated rings. The number of para-hydroxylation sites is 1. The molecule has 1 N–H and O–H groups in total. The van der Waals surface area contributed by atoms with Crippen LogP contribution in [0.15, 0.2) is 77.7 Å². The molecule has 3 aromatic carbocycles. The summed E-state index contributed by atoms with van der Waals surface area (Å²) in [5, 5.41) is 3.42. The van der Waals surface area contributed by atoms with E-state index in [1.807, 2.05) is 49.4 Å². The highest BCUT2D eigenvalue weighted by molar-refractivity contribution is 7.98. The molecular formula is C23H22ClNO2S. The summed E-state index contributed by atoms with van der Waals surface area (Å²) in [5.74, 6) is 1.16. The zero-order valence-corrected chi connectivity index (χ0v) is 17.4. The van der Waals surface area contributed by atoms with Gasteiger partial charge < -0.3 is 10.1 Å². The summed E-state index contributed by atoms with van der Waals surface area (Å²) in [7, 11) is 0. The number of thioether (sulfide) groups is 1. The molecule has 0 unspecified atom stereocenters. The van der Waals surface area contributed by atoms with Crippen LogP contribution < -0.4 is 10.1 Å². The third-order valence-electron chi connectivity index (χ3n) is 4.21. The predicted octanol–water partition coefficient (Wildman–Crippen LogP) is 6.35. The van der Waals surface area contributed by atoms with Gasteiger partial charge in [-0.3, -0.25) is 4.79 Å². The van der Waals surface area contributed by atoms with E-state index in [0.717, 1.165) is 17.0 Å². The summed E-state index contributed by atoms with van der Waals surface area (Å²) in [4.78, 5) is 13.7. The van der Waals surface area contributed by atoms with Crippen LogP contribution >= 0.6 is 23.4 Å². The van der Waals surface area contributed by atoms with Crippen LogP contribution in [0.3, 0.4) is 0 Å². The second-order valence-corrected chi connectivity index (χ2v) is 7.89. The highest BCUT2D eigenvalue weighted by Gasteiger charge is 2.17. The zero-order valence-electron chi connectivity index (χ0n) is 15.8. The van der Waals surface area contributed by atoms with Gasteiger partial charge in [-0.1, -0.05) is 54.1 Å². The van der Waals surface area contributed by atoms with E-state index in [9.17, 15) is 4.79 Å². The van der Waals surface area contributed by atoms with Crippen LogP contribution in [-0.4, -0.2) is 12.0 Å². The minimum absolute atomic E-state index is 0.213. The molecule has 0 aliphatic rings. The molecule has 144 valence electrons. The first-order valence-corrected chi connectivity index (χ1v) is 10.4. The monoisotopic (exact) mass is 411 g/mol. The second kappa shape index (κ2) is 9.67. The van der Waals surface area contributed by atoms with Gasteiger partial charge in [0.25, 0.3) is 5.91 Å². The zero-order chi connectivity index (χ0) is 19.9. The standard InChI is InChI=1S/C23H22ClNO2S/c1-16-14-18(15-28-19-8-4-3-5-9-19)12-13-21(16)25-23(26)17(2)27-22-11-7-6-10-20(22)24/h3-14,17H,15H2,1-2H3,(H,25,26)/t17-/m0/s1. The molecule has 0 saturated carbocycles. The Bertz CT molecular complexity index is 946. The molecule has 0 radical (unpaired) electrons. The van der Waals surface area contributed by atoms with Crippen LogP contribution in [0.2, 0.25) is 5.02 Å². The Labute approximate surface area is 175 Å². The Hall–Kier alpha value is -2.43. The van der Waals surface area contributed by atoms with Gasteiger partial charge in [0, 0.05) is 16.3 Å². The lowest BCUT2D eigenvalue weighted by molar-refractivity contribution is -0.122. The Morgan fingerprint density at radius 2 is 1.79 bits per heavy atom. The van der Waals surface area contributed by atoms with E-state index >= 15 is 0 Å². The number of anilines is 1. The minimum Gasteiger partial charge on any atom is -0.479 e. The van der Waals surface area contributed by atoms with Crippen LogP contribution in [-0.2, 0) is 10.5 Å². The minimum atomic E-state index is -0.660. The summed E-state index contributed by atoms with van der Waals surface area (Å²) in [5.41, 5.74) is 3.02. The molecule has 0 aromatic heterocycles. The summed E-state index contributed by atoms with van der Waals surface area (Å²) in [6.07, 6.45) is -0.660. The van der Waals surface area contributed by atoms with E-state index in [0.29, 0.717) is 10.8 Å². The van der Waals surface area contributed by atoms with Gasteiger partial charge >= 0.3 is 0 Å². The van der Waals surface area contributed by atoms with Crippen molar-refractivity contribution in [1.82, 2.24) is 0 Å². The van der Waals surface area contributed by atoms with Gasteiger partial charge in [-0.25, -0.2) is 0 Å². The van der Waals surface area contributed by atoms with Crippen molar-refractivity contribution >= 4 is 35.0 Å². The van der Waals surface area contributed by atoms with Crippen LogP contribution in [0.1, 0.15) is 18.1 Å². The maximum atomic E-state index is 12.5. The van der Waals surface area contributed by atoms with Crippen molar-refractivity contribution in [2.75, 3.05) is 5.32 Å². The number of hydrogen-bond acceptors (Lipinski definition) is 3. The largest absolute Gasteiger partial charge is 0.479 e. The van der Waals surface area contributed by atoms with Crippen molar-refractivity contribution in [2.24, 2.45) is 0 Å². The Morgan fingerprint density at radius 1 is 1.07 bits per heavy atom. The highest BCUT2D eigenvalue weighted by Crippen LogP contribution is 2.26. The fraction of sp³-hybridized carbons (Fsp3) is 0.174. The van der Waals surface area contributed by atoms with E-state index in [-0.39, 0.29) is 5.91 Å². The van der Waals surface area contributed by atoms with E-state index in [1.54, 1.807) is 30.8 Å². The van der Waals surface area contributed by atoms with Gasteiger partial charge in [-0.15, -0.1) is 11.8 Å². The highest BCUT2D eigenvalue weighted by atomic mass is 35.5. The fourth-order valence-corrected chi connectivity index (χ4v) is 3.70. The van der Waals surface area contributed by atoms with Gasteiger partial charge in [-0.2, -0.15) is 0 Å². The van der Waals surface area contributed by atoms with Crippen LogP contribution in [0.4, 0.5) is 5.69 Å². The first-order chi connectivity index (χ1) is 13.5. The van der Waals surface area contributed by atoms with Gasteiger partial charge in [0.15, 0.2) is 6.10 Å². The molecule has 3 nitrogen and oxygen atoms in total.